The van der Waals surface area contributed by atoms with Gasteiger partial charge in [0.25, 0.3) is 0 Å². The summed E-state index contributed by atoms with van der Waals surface area (Å²) in [7, 11) is 0. The van der Waals surface area contributed by atoms with Crippen molar-refractivity contribution in [2.45, 2.75) is 31.2 Å². The highest BCUT2D eigenvalue weighted by atomic mass is 19.2. The molecule has 2 N–H and O–H groups in total. The molecule has 17 heavy (non-hydrogen) atoms. The number of nitrogens with two attached hydrogens (primary N) is 1. The predicted octanol–water partition coefficient (Wildman–Crippen LogP) is 2.25. The molecule has 0 saturated heterocycles. The Bertz CT molecular complexity index is 485. The Morgan fingerprint density at radius 2 is 2.06 bits per heavy atom. The maximum absolute atomic E-state index is 13.3. The zero-order chi connectivity index (χ0) is 12.8. The van der Waals surface area contributed by atoms with Crippen LogP contribution < -0.4 is 5.73 Å². The number of halogens is 2. The van der Waals surface area contributed by atoms with Crippen molar-refractivity contribution in [1.82, 2.24) is 0 Å². The topological polar surface area (TPSA) is 69.2 Å². The summed E-state index contributed by atoms with van der Waals surface area (Å²) in [5.74, 6) is -2.61. The van der Waals surface area contributed by atoms with Gasteiger partial charge in [-0.05, 0) is 31.4 Å². The van der Waals surface area contributed by atoms with E-state index < -0.39 is 27.7 Å². The molecule has 0 aromatic heterocycles. The van der Waals surface area contributed by atoms with Crippen molar-refractivity contribution >= 4 is 5.69 Å². The first-order valence-corrected chi connectivity index (χ1v) is 5.28. The summed E-state index contributed by atoms with van der Waals surface area (Å²) < 4.78 is 26.5. The molecule has 0 amide bonds. The quantitative estimate of drug-likeness (QED) is 0.652. The number of nitro groups is 1. The van der Waals surface area contributed by atoms with E-state index >= 15 is 0 Å². The highest BCUT2D eigenvalue weighted by Gasteiger charge is 2.48. The molecular formula is C11H12F2N2O2. The Morgan fingerprint density at radius 1 is 1.47 bits per heavy atom. The second-order valence-corrected chi connectivity index (χ2v) is 4.49. The van der Waals surface area contributed by atoms with Gasteiger partial charge in [-0.2, -0.15) is 4.39 Å². The van der Waals surface area contributed by atoms with Crippen molar-refractivity contribution in [2.75, 3.05) is 0 Å². The van der Waals surface area contributed by atoms with E-state index in [-0.39, 0.29) is 6.04 Å². The molecule has 1 aromatic rings. The molecule has 1 saturated carbocycles. The zero-order valence-electron chi connectivity index (χ0n) is 9.24. The lowest BCUT2D eigenvalue weighted by molar-refractivity contribution is -0.387. The molecule has 4 nitrogen and oxygen atoms in total. The van der Waals surface area contributed by atoms with Crippen LogP contribution in [0.2, 0.25) is 0 Å². The molecule has 92 valence electrons. The minimum atomic E-state index is -1.42. The minimum Gasteiger partial charge on any atom is -0.327 e. The lowest BCUT2D eigenvalue weighted by Crippen LogP contribution is -2.31. The van der Waals surface area contributed by atoms with E-state index in [9.17, 15) is 18.9 Å². The standard InChI is InChI=1S/C11H12F2N2O2/c1-6(14)11(2-3-11)7-4-8(12)10(13)9(5-7)15(16)17/h4-6H,2-3,14H2,1H3. The van der Waals surface area contributed by atoms with E-state index in [4.69, 9.17) is 5.73 Å². The Morgan fingerprint density at radius 3 is 2.47 bits per heavy atom. The van der Waals surface area contributed by atoms with Crippen LogP contribution >= 0.6 is 0 Å². The van der Waals surface area contributed by atoms with Crippen LogP contribution in [0, 0.1) is 21.7 Å². The van der Waals surface area contributed by atoms with Crippen molar-refractivity contribution in [3.63, 3.8) is 0 Å². The van der Waals surface area contributed by atoms with Gasteiger partial charge in [-0.1, -0.05) is 0 Å². The summed E-state index contributed by atoms with van der Waals surface area (Å²) in [6.45, 7) is 1.76. The summed E-state index contributed by atoms with van der Waals surface area (Å²) in [5.41, 5.74) is 4.95. The highest BCUT2D eigenvalue weighted by Crippen LogP contribution is 2.51. The Kier molecular flexibility index (Phi) is 2.61. The van der Waals surface area contributed by atoms with Crippen LogP contribution in [0.4, 0.5) is 14.5 Å². The number of nitro benzene ring substituents is 1. The van der Waals surface area contributed by atoms with Crippen molar-refractivity contribution < 1.29 is 13.7 Å². The first-order chi connectivity index (χ1) is 7.88. The van der Waals surface area contributed by atoms with E-state index in [2.05, 4.69) is 0 Å². The van der Waals surface area contributed by atoms with E-state index in [0.717, 1.165) is 25.0 Å². The first-order valence-electron chi connectivity index (χ1n) is 5.28. The maximum atomic E-state index is 13.3. The molecule has 0 radical (unpaired) electrons. The Labute approximate surface area is 96.6 Å². The number of nitrogens with zero attached hydrogens (tertiary/aromatic N) is 1. The molecule has 0 bridgehead atoms. The van der Waals surface area contributed by atoms with Crippen LogP contribution in [0.3, 0.4) is 0 Å². The molecule has 1 unspecified atom stereocenters. The minimum absolute atomic E-state index is 0.244. The maximum Gasteiger partial charge on any atom is 0.308 e. The van der Waals surface area contributed by atoms with Gasteiger partial charge in [0.1, 0.15) is 0 Å². The van der Waals surface area contributed by atoms with Crippen LogP contribution in [0.1, 0.15) is 25.3 Å². The average molecular weight is 242 g/mol. The van der Waals surface area contributed by atoms with Gasteiger partial charge in [-0.3, -0.25) is 10.1 Å². The monoisotopic (exact) mass is 242 g/mol. The van der Waals surface area contributed by atoms with Crippen LogP contribution in [-0.4, -0.2) is 11.0 Å². The SMILES string of the molecule is CC(N)C1(c2cc(F)c(F)c([N+](=O)[O-])c2)CC1. The smallest absolute Gasteiger partial charge is 0.308 e. The number of benzene rings is 1. The molecule has 6 heteroatoms. The second-order valence-electron chi connectivity index (χ2n) is 4.49. The molecule has 0 aliphatic heterocycles. The zero-order valence-corrected chi connectivity index (χ0v) is 9.24. The Balaban J connectivity index is 2.54. The van der Waals surface area contributed by atoms with Crippen LogP contribution in [-0.2, 0) is 5.41 Å². The normalized spacial score (nSPS) is 18.8. The summed E-state index contributed by atoms with van der Waals surface area (Å²) in [5, 5.41) is 10.6. The molecule has 0 spiro atoms. The third-order valence-corrected chi connectivity index (χ3v) is 3.44. The molecule has 1 atom stereocenters. The van der Waals surface area contributed by atoms with E-state index in [1.54, 1.807) is 6.92 Å². The summed E-state index contributed by atoms with van der Waals surface area (Å²) >= 11 is 0. The van der Waals surface area contributed by atoms with Gasteiger partial charge in [0.2, 0.25) is 5.82 Å². The van der Waals surface area contributed by atoms with Gasteiger partial charge < -0.3 is 5.73 Å². The van der Waals surface area contributed by atoms with Crippen molar-refractivity contribution in [3.8, 4) is 0 Å². The molecular weight excluding hydrogens is 230 g/mol. The number of hydrogen-bond acceptors (Lipinski definition) is 3. The van der Waals surface area contributed by atoms with Crippen LogP contribution in [0.15, 0.2) is 12.1 Å². The summed E-state index contributed by atoms with van der Waals surface area (Å²) in [6, 6.07) is 1.86. The van der Waals surface area contributed by atoms with Gasteiger partial charge >= 0.3 is 5.69 Å². The Hall–Kier alpha value is -1.56. The third-order valence-electron chi connectivity index (χ3n) is 3.44. The number of rotatable bonds is 3. The fourth-order valence-corrected chi connectivity index (χ4v) is 2.14. The molecule has 1 aliphatic rings. The largest absolute Gasteiger partial charge is 0.327 e. The van der Waals surface area contributed by atoms with Gasteiger partial charge in [-0.25, -0.2) is 4.39 Å². The predicted molar refractivity (Wildman–Crippen MR) is 57.6 cm³/mol. The summed E-state index contributed by atoms with van der Waals surface area (Å²) in [4.78, 5) is 9.69. The van der Waals surface area contributed by atoms with E-state index in [1.807, 2.05) is 0 Å². The highest BCUT2D eigenvalue weighted by molar-refractivity contribution is 5.44. The van der Waals surface area contributed by atoms with Crippen LogP contribution in [0.5, 0.6) is 0 Å². The summed E-state index contributed by atoms with van der Waals surface area (Å²) in [6.07, 6.45) is 1.49. The molecule has 2 rings (SSSR count). The van der Waals surface area contributed by atoms with Crippen molar-refractivity contribution in [3.05, 3.63) is 39.4 Å². The van der Waals surface area contributed by atoms with Crippen LogP contribution in [0.25, 0.3) is 0 Å². The van der Waals surface area contributed by atoms with E-state index in [0.29, 0.717) is 5.56 Å². The van der Waals surface area contributed by atoms with Gasteiger partial charge in [-0.15, -0.1) is 0 Å². The molecule has 1 fully saturated rings. The average Bonchev–Trinajstić information content (AvgIpc) is 3.02. The van der Waals surface area contributed by atoms with Gasteiger partial charge in [0.05, 0.1) is 4.92 Å². The fraction of sp³-hybridized carbons (Fsp3) is 0.455. The molecule has 1 aliphatic carbocycles. The molecule has 1 aromatic carbocycles. The van der Waals surface area contributed by atoms with Crippen molar-refractivity contribution in [1.29, 1.82) is 0 Å². The van der Waals surface area contributed by atoms with Gasteiger partial charge in [0, 0.05) is 17.5 Å². The first kappa shape index (κ1) is 11.9. The van der Waals surface area contributed by atoms with Gasteiger partial charge in [0.15, 0.2) is 5.82 Å². The third kappa shape index (κ3) is 1.78. The number of hydrogen-bond donors (Lipinski definition) is 1. The second kappa shape index (κ2) is 3.73. The lowest BCUT2D eigenvalue weighted by atomic mass is 9.89. The lowest BCUT2D eigenvalue weighted by Gasteiger charge is -2.20. The van der Waals surface area contributed by atoms with Crippen molar-refractivity contribution in [2.24, 2.45) is 5.73 Å². The molecule has 0 heterocycles. The fourth-order valence-electron chi connectivity index (χ4n) is 2.14. The van der Waals surface area contributed by atoms with E-state index in [1.165, 1.54) is 0 Å².